The molecule has 0 spiro atoms. The van der Waals surface area contributed by atoms with Crippen molar-refractivity contribution < 1.29 is 4.79 Å². The smallest absolute Gasteiger partial charge is 0.251 e. The number of thioether (sulfide) groups is 1. The van der Waals surface area contributed by atoms with Crippen LogP contribution in [0.5, 0.6) is 0 Å². The van der Waals surface area contributed by atoms with Gasteiger partial charge in [-0.3, -0.25) is 9.89 Å². The molecular weight excluding hydrogens is 344 g/mol. The third-order valence-corrected chi connectivity index (χ3v) is 5.21. The monoisotopic (exact) mass is 366 g/mol. The van der Waals surface area contributed by atoms with Gasteiger partial charge in [-0.15, -0.1) is 0 Å². The number of carbonyl (C=O) groups is 1. The van der Waals surface area contributed by atoms with Gasteiger partial charge in [0.2, 0.25) is 0 Å². The van der Waals surface area contributed by atoms with Crippen molar-refractivity contribution in [1.29, 1.82) is 0 Å². The van der Waals surface area contributed by atoms with Gasteiger partial charge in [0.25, 0.3) is 5.91 Å². The van der Waals surface area contributed by atoms with Crippen LogP contribution in [0.3, 0.4) is 0 Å². The molecule has 26 heavy (non-hydrogen) atoms. The average Bonchev–Trinajstić information content (AvgIpc) is 3.21. The molecule has 1 aromatic heterocycles. The summed E-state index contributed by atoms with van der Waals surface area (Å²) >= 11 is 1.58. The van der Waals surface area contributed by atoms with E-state index in [9.17, 15) is 4.79 Å². The van der Waals surface area contributed by atoms with Crippen molar-refractivity contribution in [2.45, 2.75) is 30.2 Å². The molecule has 1 heterocycles. The van der Waals surface area contributed by atoms with Gasteiger partial charge in [-0.1, -0.05) is 61.2 Å². The van der Waals surface area contributed by atoms with Crippen LogP contribution in [0.25, 0.3) is 0 Å². The first-order valence-electron chi connectivity index (χ1n) is 8.66. The van der Waals surface area contributed by atoms with E-state index in [1.807, 2.05) is 42.5 Å². The van der Waals surface area contributed by atoms with Crippen LogP contribution in [-0.4, -0.2) is 27.6 Å². The molecule has 0 aliphatic heterocycles. The standard InChI is InChI=1S/C20H22N4OS/c1-2-16(17-6-4-3-5-7-17)12-21-19(25)18-10-8-15(9-11-18)13-26-20-22-14-23-24-20/h3-11,14,16H,2,12-13H2,1H3,(H,21,25)(H,22,23,24). The summed E-state index contributed by atoms with van der Waals surface area (Å²) in [5.41, 5.74) is 3.08. The summed E-state index contributed by atoms with van der Waals surface area (Å²) in [6.45, 7) is 2.78. The van der Waals surface area contributed by atoms with Crippen LogP contribution in [0.2, 0.25) is 0 Å². The fraction of sp³-hybridized carbons (Fsp3) is 0.250. The molecule has 0 radical (unpaired) electrons. The fourth-order valence-corrected chi connectivity index (χ4v) is 3.44. The topological polar surface area (TPSA) is 70.7 Å². The van der Waals surface area contributed by atoms with Crippen LogP contribution < -0.4 is 5.32 Å². The molecule has 0 fully saturated rings. The van der Waals surface area contributed by atoms with Crippen LogP contribution >= 0.6 is 11.8 Å². The largest absolute Gasteiger partial charge is 0.351 e. The van der Waals surface area contributed by atoms with E-state index < -0.39 is 0 Å². The minimum atomic E-state index is -0.0335. The van der Waals surface area contributed by atoms with E-state index in [2.05, 4.69) is 39.6 Å². The molecule has 3 aromatic rings. The highest BCUT2D eigenvalue weighted by atomic mass is 32.2. The van der Waals surface area contributed by atoms with Gasteiger partial charge in [-0.2, -0.15) is 5.10 Å². The zero-order valence-electron chi connectivity index (χ0n) is 14.7. The average molecular weight is 366 g/mol. The maximum atomic E-state index is 12.4. The lowest BCUT2D eigenvalue weighted by Gasteiger charge is -2.16. The molecule has 1 unspecified atom stereocenters. The summed E-state index contributed by atoms with van der Waals surface area (Å²) in [5.74, 6) is 1.08. The quantitative estimate of drug-likeness (QED) is 0.591. The highest BCUT2D eigenvalue weighted by Gasteiger charge is 2.12. The second-order valence-electron chi connectivity index (χ2n) is 6.00. The van der Waals surface area contributed by atoms with Crippen molar-refractivity contribution in [1.82, 2.24) is 20.5 Å². The molecule has 0 bridgehead atoms. The Balaban J connectivity index is 1.52. The van der Waals surface area contributed by atoms with Gasteiger partial charge in [0.05, 0.1) is 0 Å². The lowest BCUT2D eigenvalue weighted by molar-refractivity contribution is 0.0951. The number of benzene rings is 2. The van der Waals surface area contributed by atoms with Gasteiger partial charge in [0.1, 0.15) is 6.33 Å². The molecule has 0 aliphatic rings. The SMILES string of the molecule is CCC(CNC(=O)c1ccc(CSc2ncn[nH]2)cc1)c1ccccc1. The van der Waals surface area contributed by atoms with Crippen LogP contribution in [-0.2, 0) is 5.75 Å². The first-order valence-corrected chi connectivity index (χ1v) is 9.65. The Hall–Kier alpha value is -2.60. The van der Waals surface area contributed by atoms with E-state index in [1.165, 1.54) is 11.9 Å². The van der Waals surface area contributed by atoms with Crippen molar-refractivity contribution in [3.8, 4) is 0 Å². The Morgan fingerprint density at radius 2 is 1.92 bits per heavy atom. The van der Waals surface area contributed by atoms with Crippen LogP contribution in [0.4, 0.5) is 0 Å². The van der Waals surface area contributed by atoms with E-state index in [-0.39, 0.29) is 5.91 Å². The van der Waals surface area contributed by atoms with Crippen molar-refractivity contribution in [2.24, 2.45) is 0 Å². The number of nitrogens with zero attached hydrogens (tertiary/aromatic N) is 2. The molecule has 2 aromatic carbocycles. The minimum absolute atomic E-state index is 0.0335. The van der Waals surface area contributed by atoms with Crippen molar-refractivity contribution in [3.05, 3.63) is 77.6 Å². The van der Waals surface area contributed by atoms with E-state index in [1.54, 1.807) is 11.8 Å². The lowest BCUT2D eigenvalue weighted by atomic mass is 9.96. The Labute approximate surface area is 157 Å². The molecule has 0 saturated heterocycles. The zero-order chi connectivity index (χ0) is 18.2. The normalized spacial score (nSPS) is 11.9. The molecule has 0 saturated carbocycles. The van der Waals surface area contributed by atoms with E-state index in [0.717, 1.165) is 22.9 Å². The number of nitrogens with one attached hydrogen (secondary N) is 2. The molecule has 134 valence electrons. The number of hydrogen-bond acceptors (Lipinski definition) is 4. The summed E-state index contributed by atoms with van der Waals surface area (Å²) in [6, 6.07) is 18.0. The molecule has 3 rings (SSSR count). The number of aromatic amines is 1. The van der Waals surface area contributed by atoms with Crippen LogP contribution in [0.15, 0.2) is 66.1 Å². The van der Waals surface area contributed by atoms with Gasteiger partial charge in [0, 0.05) is 23.8 Å². The molecule has 0 aliphatic carbocycles. The predicted molar refractivity (Wildman–Crippen MR) is 104 cm³/mol. The summed E-state index contributed by atoms with van der Waals surface area (Å²) in [4.78, 5) is 16.5. The number of carbonyl (C=O) groups excluding carboxylic acids is 1. The van der Waals surface area contributed by atoms with E-state index >= 15 is 0 Å². The molecule has 1 atom stereocenters. The first-order chi connectivity index (χ1) is 12.8. The summed E-state index contributed by atoms with van der Waals surface area (Å²) < 4.78 is 0. The number of hydrogen-bond donors (Lipinski definition) is 2. The van der Waals surface area contributed by atoms with Crippen molar-refractivity contribution in [3.63, 3.8) is 0 Å². The second kappa shape index (κ2) is 9.20. The Bertz CT molecular complexity index is 804. The fourth-order valence-electron chi connectivity index (χ4n) is 2.71. The number of aromatic nitrogens is 3. The highest BCUT2D eigenvalue weighted by molar-refractivity contribution is 7.98. The third-order valence-electron chi connectivity index (χ3n) is 4.26. The maximum Gasteiger partial charge on any atom is 0.251 e. The number of amides is 1. The summed E-state index contributed by atoms with van der Waals surface area (Å²) in [6.07, 6.45) is 2.48. The summed E-state index contributed by atoms with van der Waals surface area (Å²) in [5, 5.41) is 10.5. The van der Waals surface area contributed by atoms with Crippen molar-refractivity contribution >= 4 is 17.7 Å². The number of H-pyrrole nitrogens is 1. The predicted octanol–water partition coefficient (Wildman–Crippen LogP) is 4.02. The number of rotatable bonds is 8. The zero-order valence-corrected chi connectivity index (χ0v) is 15.5. The van der Waals surface area contributed by atoms with Crippen LogP contribution in [0, 0.1) is 0 Å². The van der Waals surface area contributed by atoms with E-state index in [0.29, 0.717) is 18.0 Å². The third kappa shape index (κ3) is 4.95. The Morgan fingerprint density at radius 3 is 2.58 bits per heavy atom. The van der Waals surface area contributed by atoms with Gasteiger partial charge in [-0.25, -0.2) is 4.98 Å². The maximum absolute atomic E-state index is 12.4. The summed E-state index contributed by atoms with van der Waals surface area (Å²) in [7, 11) is 0. The van der Waals surface area contributed by atoms with Gasteiger partial charge < -0.3 is 5.32 Å². The highest BCUT2D eigenvalue weighted by Crippen LogP contribution is 2.20. The van der Waals surface area contributed by atoms with Gasteiger partial charge in [0.15, 0.2) is 5.16 Å². The Morgan fingerprint density at radius 1 is 1.15 bits per heavy atom. The minimum Gasteiger partial charge on any atom is -0.351 e. The second-order valence-corrected chi connectivity index (χ2v) is 6.97. The molecule has 5 nitrogen and oxygen atoms in total. The molecule has 1 amide bonds. The first kappa shape index (κ1) is 18.2. The Kier molecular flexibility index (Phi) is 6.44. The molecular formula is C20H22N4OS. The molecule has 6 heteroatoms. The van der Waals surface area contributed by atoms with Crippen LogP contribution in [0.1, 0.15) is 40.7 Å². The van der Waals surface area contributed by atoms with Gasteiger partial charge >= 0.3 is 0 Å². The van der Waals surface area contributed by atoms with E-state index in [4.69, 9.17) is 0 Å². The van der Waals surface area contributed by atoms with Crippen molar-refractivity contribution in [2.75, 3.05) is 6.54 Å². The molecule has 2 N–H and O–H groups in total. The van der Waals surface area contributed by atoms with Gasteiger partial charge in [-0.05, 0) is 29.7 Å². The lowest BCUT2D eigenvalue weighted by Crippen LogP contribution is -2.28.